The van der Waals surface area contributed by atoms with Crippen molar-refractivity contribution in [2.45, 2.75) is 26.7 Å². The van der Waals surface area contributed by atoms with Gasteiger partial charge >= 0.3 is 0 Å². The summed E-state index contributed by atoms with van der Waals surface area (Å²) in [6.07, 6.45) is 2.91. The summed E-state index contributed by atoms with van der Waals surface area (Å²) in [4.78, 5) is 10.1. The molecule has 0 aromatic heterocycles. The van der Waals surface area contributed by atoms with Crippen LogP contribution in [0.5, 0.6) is 5.75 Å². The fourth-order valence-electron chi connectivity index (χ4n) is 1.24. The average molecular weight is 271 g/mol. The number of nitro benzene ring substituents is 1. The molecule has 1 unspecified atom stereocenters. The highest BCUT2D eigenvalue weighted by Gasteiger charge is 2.11. The van der Waals surface area contributed by atoms with Crippen LogP contribution in [-0.2, 0) is 4.52 Å². The zero-order valence-electron chi connectivity index (χ0n) is 10.7. The van der Waals surface area contributed by atoms with Crippen LogP contribution in [0.15, 0.2) is 24.3 Å². The Balaban J connectivity index is 2.50. The highest BCUT2D eigenvalue weighted by atomic mass is 31.2. The van der Waals surface area contributed by atoms with Gasteiger partial charge < -0.3 is 9.05 Å². The van der Waals surface area contributed by atoms with Gasteiger partial charge in [0.1, 0.15) is 5.75 Å². The molecule has 0 bridgehead atoms. The van der Waals surface area contributed by atoms with Crippen LogP contribution in [0, 0.1) is 10.1 Å². The second-order valence-electron chi connectivity index (χ2n) is 3.68. The van der Waals surface area contributed by atoms with Gasteiger partial charge in [-0.25, -0.2) is 0 Å². The molecule has 0 aliphatic rings. The van der Waals surface area contributed by atoms with Crippen molar-refractivity contribution in [3.05, 3.63) is 34.4 Å². The predicted octanol–water partition coefficient (Wildman–Crippen LogP) is 4.12. The fraction of sp³-hybridized carbons (Fsp3) is 0.500. The molecule has 0 fully saturated rings. The Morgan fingerprint density at radius 2 is 1.94 bits per heavy atom. The summed E-state index contributed by atoms with van der Waals surface area (Å²) in [6.45, 7) is 4.81. The van der Waals surface area contributed by atoms with Crippen molar-refractivity contribution in [3.63, 3.8) is 0 Å². The standard InChI is InChI=1S/C12H18NO4P/c1-3-5-10-16-18(4-2)17-12-8-6-11(7-9-12)13(14)15/h6-9H,3-5,10H2,1-2H3. The van der Waals surface area contributed by atoms with Gasteiger partial charge in [-0.1, -0.05) is 20.3 Å². The number of nitro groups is 1. The molecule has 5 nitrogen and oxygen atoms in total. The van der Waals surface area contributed by atoms with E-state index in [1.807, 2.05) is 6.92 Å². The molecule has 1 aromatic rings. The topological polar surface area (TPSA) is 61.6 Å². The molecule has 0 N–H and O–H groups in total. The first-order valence-electron chi connectivity index (χ1n) is 6.00. The lowest BCUT2D eigenvalue weighted by Gasteiger charge is -2.16. The van der Waals surface area contributed by atoms with Crippen molar-refractivity contribution in [2.75, 3.05) is 12.8 Å². The maximum Gasteiger partial charge on any atom is 0.269 e. The highest BCUT2D eigenvalue weighted by molar-refractivity contribution is 7.47. The summed E-state index contributed by atoms with van der Waals surface area (Å²) in [7, 11) is -0.941. The van der Waals surface area contributed by atoms with Crippen molar-refractivity contribution >= 4 is 14.1 Å². The lowest BCUT2D eigenvalue weighted by atomic mass is 10.3. The third-order valence-electron chi connectivity index (χ3n) is 2.25. The highest BCUT2D eigenvalue weighted by Crippen LogP contribution is 2.39. The molecule has 6 heteroatoms. The molecule has 0 amide bonds. The van der Waals surface area contributed by atoms with Crippen molar-refractivity contribution in [2.24, 2.45) is 0 Å². The number of benzene rings is 1. The Bertz CT molecular complexity index is 369. The molecule has 0 aliphatic carbocycles. The normalized spacial score (nSPS) is 12.1. The Morgan fingerprint density at radius 3 is 2.44 bits per heavy atom. The Morgan fingerprint density at radius 1 is 1.28 bits per heavy atom. The van der Waals surface area contributed by atoms with E-state index < -0.39 is 13.3 Å². The van der Waals surface area contributed by atoms with Gasteiger partial charge in [-0.2, -0.15) is 0 Å². The molecule has 0 aliphatic heterocycles. The van der Waals surface area contributed by atoms with Gasteiger partial charge in [0.05, 0.1) is 11.5 Å². The minimum absolute atomic E-state index is 0.0649. The van der Waals surface area contributed by atoms with Gasteiger partial charge in [-0.3, -0.25) is 10.1 Å². The number of rotatable bonds is 8. The molecule has 0 spiro atoms. The molecule has 0 saturated heterocycles. The van der Waals surface area contributed by atoms with Crippen LogP contribution in [0.2, 0.25) is 0 Å². The van der Waals surface area contributed by atoms with Gasteiger partial charge in [0.2, 0.25) is 8.38 Å². The number of unbranched alkanes of at least 4 members (excludes halogenated alkanes) is 1. The summed E-state index contributed by atoms with van der Waals surface area (Å²) in [5.74, 6) is 0.616. The first-order chi connectivity index (χ1) is 8.67. The number of non-ortho nitro benzene ring substituents is 1. The Kier molecular flexibility index (Phi) is 6.61. The maximum atomic E-state index is 10.5. The zero-order valence-corrected chi connectivity index (χ0v) is 11.6. The minimum atomic E-state index is -0.941. The first kappa shape index (κ1) is 14.9. The second-order valence-corrected chi connectivity index (χ2v) is 5.42. The number of hydrogen-bond acceptors (Lipinski definition) is 4. The summed E-state index contributed by atoms with van der Waals surface area (Å²) < 4.78 is 11.3. The van der Waals surface area contributed by atoms with Crippen molar-refractivity contribution in [1.29, 1.82) is 0 Å². The monoisotopic (exact) mass is 271 g/mol. The number of hydrogen-bond donors (Lipinski definition) is 0. The molecular weight excluding hydrogens is 253 g/mol. The smallest absolute Gasteiger partial charge is 0.269 e. The number of nitrogens with zero attached hydrogens (tertiary/aromatic N) is 1. The zero-order chi connectivity index (χ0) is 13.4. The molecule has 0 radical (unpaired) electrons. The van der Waals surface area contributed by atoms with E-state index >= 15 is 0 Å². The van der Waals surface area contributed by atoms with E-state index in [-0.39, 0.29) is 5.69 Å². The van der Waals surface area contributed by atoms with E-state index in [4.69, 9.17) is 9.05 Å². The third kappa shape index (κ3) is 4.98. The molecule has 1 atom stereocenters. The molecule has 1 aromatic carbocycles. The Labute approximate surface area is 108 Å². The van der Waals surface area contributed by atoms with E-state index in [9.17, 15) is 10.1 Å². The van der Waals surface area contributed by atoms with Crippen LogP contribution in [0.3, 0.4) is 0 Å². The SMILES string of the molecule is CCCCOP(CC)Oc1ccc([N+](=O)[O-])cc1. The average Bonchev–Trinajstić information content (AvgIpc) is 2.38. The van der Waals surface area contributed by atoms with Gasteiger partial charge in [0, 0.05) is 18.3 Å². The van der Waals surface area contributed by atoms with Crippen molar-refractivity contribution in [1.82, 2.24) is 0 Å². The lowest BCUT2D eigenvalue weighted by molar-refractivity contribution is -0.384. The molecule has 18 heavy (non-hydrogen) atoms. The molecule has 0 saturated carbocycles. The predicted molar refractivity (Wildman–Crippen MR) is 72.0 cm³/mol. The lowest BCUT2D eigenvalue weighted by Crippen LogP contribution is -1.97. The summed E-state index contributed by atoms with van der Waals surface area (Å²) >= 11 is 0. The fourth-order valence-corrected chi connectivity index (χ4v) is 2.29. The van der Waals surface area contributed by atoms with Crippen LogP contribution in [-0.4, -0.2) is 17.7 Å². The Hall–Kier alpha value is -1.19. The van der Waals surface area contributed by atoms with E-state index in [2.05, 4.69) is 6.92 Å². The second kappa shape index (κ2) is 8.01. The van der Waals surface area contributed by atoms with E-state index in [1.165, 1.54) is 12.1 Å². The van der Waals surface area contributed by atoms with Crippen LogP contribution >= 0.6 is 8.38 Å². The summed E-state index contributed by atoms with van der Waals surface area (Å²) in [5.41, 5.74) is 0.0649. The largest absolute Gasteiger partial charge is 0.447 e. The van der Waals surface area contributed by atoms with Crippen LogP contribution in [0.25, 0.3) is 0 Å². The van der Waals surface area contributed by atoms with Crippen LogP contribution in [0.1, 0.15) is 26.7 Å². The van der Waals surface area contributed by atoms with Gasteiger partial charge in [-0.15, -0.1) is 0 Å². The van der Waals surface area contributed by atoms with Crippen LogP contribution < -0.4 is 4.52 Å². The van der Waals surface area contributed by atoms with Crippen molar-refractivity contribution < 1.29 is 14.0 Å². The van der Waals surface area contributed by atoms with Gasteiger partial charge in [-0.05, 0) is 18.6 Å². The van der Waals surface area contributed by atoms with Crippen LogP contribution in [0.4, 0.5) is 5.69 Å². The molecule has 100 valence electrons. The first-order valence-corrected chi connectivity index (χ1v) is 7.36. The van der Waals surface area contributed by atoms with Crippen molar-refractivity contribution in [3.8, 4) is 5.75 Å². The molecular formula is C12H18NO4P. The van der Waals surface area contributed by atoms with Gasteiger partial charge in [0.15, 0.2) is 0 Å². The summed E-state index contributed by atoms with van der Waals surface area (Å²) in [6, 6.07) is 6.08. The minimum Gasteiger partial charge on any atom is -0.447 e. The van der Waals surface area contributed by atoms with Gasteiger partial charge in [0.25, 0.3) is 5.69 Å². The van der Waals surface area contributed by atoms with E-state index in [1.54, 1.807) is 12.1 Å². The maximum absolute atomic E-state index is 10.5. The third-order valence-corrected chi connectivity index (χ3v) is 3.65. The quantitative estimate of drug-likeness (QED) is 0.309. The van der Waals surface area contributed by atoms with E-state index in [0.29, 0.717) is 12.4 Å². The summed E-state index contributed by atoms with van der Waals surface area (Å²) in [5, 5.41) is 10.5. The van der Waals surface area contributed by atoms with E-state index in [0.717, 1.165) is 19.0 Å². The molecule has 1 rings (SSSR count). The molecule has 0 heterocycles.